The molecule has 0 bridgehead atoms. The lowest BCUT2D eigenvalue weighted by Gasteiger charge is -2.30. The zero-order valence-electron chi connectivity index (χ0n) is 12.4. The number of amides is 1. The first-order chi connectivity index (χ1) is 9.20. The van der Waals surface area contributed by atoms with E-state index in [9.17, 15) is 4.79 Å². The number of hydrogen-bond donors (Lipinski definition) is 1. The van der Waals surface area contributed by atoms with Gasteiger partial charge in [0.2, 0.25) is 5.91 Å². The predicted molar refractivity (Wildman–Crippen MR) is 76.0 cm³/mol. The van der Waals surface area contributed by atoms with Gasteiger partial charge in [0.05, 0.1) is 6.10 Å². The average molecular weight is 268 g/mol. The number of rotatable bonds is 7. The highest BCUT2D eigenvalue weighted by atomic mass is 16.5. The number of carbonyl (C=O) groups is 1. The van der Waals surface area contributed by atoms with E-state index in [1.54, 1.807) is 7.11 Å². The van der Waals surface area contributed by atoms with Crippen LogP contribution in [0.25, 0.3) is 0 Å². The van der Waals surface area contributed by atoms with Crippen molar-refractivity contribution < 1.29 is 9.53 Å². The smallest absolute Gasteiger partial charge is 0.222 e. The lowest BCUT2D eigenvalue weighted by molar-refractivity contribution is -0.133. The molecule has 1 aliphatic carbocycles. The molecule has 0 aromatic carbocycles. The summed E-state index contributed by atoms with van der Waals surface area (Å²) in [4.78, 5) is 14.5. The fraction of sp³-hybridized carbons (Fsp3) is 0.933. The van der Waals surface area contributed by atoms with Gasteiger partial charge < -0.3 is 15.0 Å². The van der Waals surface area contributed by atoms with E-state index in [1.807, 2.05) is 6.92 Å². The van der Waals surface area contributed by atoms with Crippen molar-refractivity contribution in [2.75, 3.05) is 26.7 Å². The van der Waals surface area contributed by atoms with Crippen LogP contribution in [0, 0.1) is 5.92 Å². The Balaban J connectivity index is 1.79. The number of ether oxygens (including phenoxy) is 1. The lowest BCUT2D eigenvalue weighted by atomic mass is 9.98. The molecule has 4 heteroatoms. The molecule has 1 heterocycles. The molecular weight excluding hydrogens is 240 g/mol. The molecule has 1 aliphatic heterocycles. The normalized spacial score (nSPS) is 25.1. The number of hydrogen-bond acceptors (Lipinski definition) is 3. The molecule has 1 saturated heterocycles. The molecule has 0 radical (unpaired) electrons. The van der Waals surface area contributed by atoms with Crippen LogP contribution < -0.4 is 5.32 Å². The van der Waals surface area contributed by atoms with Gasteiger partial charge in [-0.3, -0.25) is 4.79 Å². The highest BCUT2D eigenvalue weighted by molar-refractivity contribution is 5.76. The van der Waals surface area contributed by atoms with Crippen molar-refractivity contribution in [1.29, 1.82) is 0 Å². The van der Waals surface area contributed by atoms with Crippen molar-refractivity contribution in [3.8, 4) is 0 Å². The Bertz CT molecular complexity index is 286. The minimum atomic E-state index is 0.182. The van der Waals surface area contributed by atoms with Gasteiger partial charge in [-0.25, -0.2) is 0 Å². The van der Waals surface area contributed by atoms with Crippen LogP contribution in [0.3, 0.4) is 0 Å². The molecule has 0 aromatic rings. The molecule has 2 atom stereocenters. The SMILES string of the molecule is COC(C)CCC(=O)N(CC1CCCNC1)C1CC1. The third kappa shape index (κ3) is 4.77. The summed E-state index contributed by atoms with van der Waals surface area (Å²) in [6, 6.07) is 0.535. The van der Waals surface area contributed by atoms with Crippen LogP contribution in [0.15, 0.2) is 0 Å². The summed E-state index contributed by atoms with van der Waals surface area (Å²) in [5.74, 6) is 0.982. The van der Waals surface area contributed by atoms with Crippen LogP contribution in [0.5, 0.6) is 0 Å². The third-order valence-corrected chi connectivity index (χ3v) is 4.33. The van der Waals surface area contributed by atoms with Gasteiger partial charge in [0.25, 0.3) is 0 Å². The van der Waals surface area contributed by atoms with Crippen molar-refractivity contribution in [2.45, 2.75) is 57.6 Å². The first-order valence-corrected chi connectivity index (χ1v) is 7.73. The van der Waals surface area contributed by atoms with Crippen LogP contribution in [-0.2, 0) is 9.53 Å². The van der Waals surface area contributed by atoms with Gasteiger partial charge in [-0.2, -0.15) is 0 Å². The van der Waals surface area contributed by atoms with Crippen molar-refractivity contribution in [1.82, 2.24) is 10.2 Å². The van der Waals surface area contributed by atoms with Gasteiger partial charge in [0, 0.05) is 26.1 Å². The molecule has 0 aromatic heterocycles. The molecule has 4 nitrogen and oxygen atoms in total. The molecule has 2 aliphatic rings. The standard InChI is InChI=1S/C15H28N2O2/c1-12(19-2)5-8-15(18)17(14-6-7-14)11-13-4-3-9-16-10-13/h12-14,16H,3-11H2,1-2H3. The number of carbonyl (C=O) groups excluding carboxylic acids is 1. The van der Waals surface area contributed by atoms with Crippen LogP contribution in [0.1, 0.15) is 45.4 Å². The monoisotopic (exact) mass is 268 g/mol. The van der Waals surface area contributed by atoms with E-state index in [1.165, 1.54) is 25.7 Å². The summed E-state index contributed by atoms with van der Waals surface area (Å²) in [5, 5.41) is 3.44. The summed E-state index contributed by atoms with van der Waals surface area (Å²) in [6.07, 6.45) is 6.56. The number of nitrogens with zero attached hydrogens (tertiary/aromatic N) is 1. The Labute approximate surface area is 116 Å². The Morgan fingerprint density at radius 3 is 2.79 bits per heavy atom. The van der Waals surface area contributed by atoms with Crippen molar-refractivity contribution in [3.63, 3.8) is 0 Å². The Hall–Kier alpha value is -0.610. The van der Waals surface area contributed by atoms with Crippen molar-refractivity contribution in [2.24, 2.45) is 5.92 Å². The van der Waals surface area contributed by atoms with Gasteiger partial charge in [-0.05, 0) is 58.0 Å². The van der Waals surface area contributed by atoms with Crippen molar-refractivity contribution in [3.05, 3.63) is 0 Å². The van der Waals surface area contributed by atoms with Gasteiger partial charge in [0.1, 0.15) is 0 Å². The zero-order valence-corrected chi connectivity index (χ0v) is 12.4. The Morgan fingerprint density at radius 2 is 2.21 bits per heavy atom. The highest BCUT2D eigenvalue weighted by Gasteiger charge is 2.33. The molecule has 19 heavy (non-hydrogen) atoms. The molecule has 1 amide bonds. The number of nitrogens with one attached hydrogen (secondary N) is 1. The first-order valence-electron chi connectivity index (χ1n) is 7.73. The molecule has 1 saturated carbocycles. The van der Waals surface area contributed by atoms with Gasteiger partial charge in [-0.1, -0.05) is 0 Å². The maximum absolute atomic E-state index is 12.4. The van der Waals surface area contributed by atoms with Crippen LogP contribution in [0.4, 0.5) is 0 Å². The summed E-state index contributed by atoms with van der Waals surface area (Å²) >= 11 is 0. The highest BCUT2D eigenvalue weighted by Crippen LogP contribution is 2.29. The molecule has 110 valence electrons. The van der Waals surface area contributed by atoms with Crippen LogP contribution in [0.2, 0.25) is 0 Å². The van der Waals surface area contributed by atoms with E-state index >= 15 is 0 Å². The largest absolute Gasteiger partial charge is 0.382 e. The van der Waals surface area contributed by atoms with Crippen molar-refractivity contribution >= 4 is 5.91 Å². The van der Waals surface area contributed by atoms with E-state index in [4.69, 9.17) is 4.74 Å². The minimum Gasteiger partial charge on any atom is -0.382 e. The zero-order chi connectivity index (χ0) is 13.7. The van der Waals surface area contributed by atoms with Gasteiger partial charge >= 0.3 is 0 Å². The van der Waals surface area contributed by atoms with Gasteiger partial charge in [-0.15, -0.1) is 0 Å². The molecule has 2 unspecified atom stereocenters. The number of piperidine rings is 1. The Kier molecular flexibility index (Phi) is 5.64. The Morgan fingerprint density at radius 1 is 1.42 bits per heavy atom. The molecule has 1 N–H and O–H groups in total. The maximum Gasteiger partial charge on any atom is 0.222 e. The van der Waals surface area contributed by atoms with E-state index in [0.29, 0.717) is 24.3 Å². The van der Waals surface area contributed by atoms with Crippen LogP contribution in [-0.4, -0.2) is 49.7 Å². The first kappa shape index (κ1) is 14.8. The topological polar surface area (TPSA) is 41.6 Å². The van der Waals surface area contributed by atoms with Crippen LogP contribution >= 0.6 is 0 Å². The summed E-state index contributed by atoms with van der Waals surface area (Å²) in [7, 11) is 1.71. The second-order valence-corrected chi connectivity index (χ2v) is 6.07. The molecule has 0 spiro atoms. The van der Waals surface area contributed by atoms with Gasteiger partial charge in [0.15, 0.2) is 0 Å². The minimum absolute atomic E-state index is 0.182. The second-order valence-electron chi connectivity index (χ2n) is 6.07. The maximum atomic E-state index is 12.4. The molecule has 2 fully saturated rings. The summed E-state index contributed by atoms with van der Waals surface area (Å²) in [6.45, 7) is 5.20. The molecule has 2 rings (SSSR count). The lowest BCUT2D eigenvalue weighted by Crippen LogP contribution is -2.42. The van der Waals surface area contributed by atoms with E-state index < -0.39 is 0 Å². The average Bonchev–Trinajstić information content (AvgIpc) is 3.27. The second kappa shape index (κ2) is 7.25. The van der Waals surface area contributed by atoms with E-state index in [-0.39, 0.29) is 6.10 Å². The quantitative estimate of drug-likeness (QED) is 0.765. The number of methoxy groups -OCH3 is 1. The third-order valence-electron chi connectivity index (χ3n) is 4.33. The predicted octanol–water partition coefficient (Wildman–Crippen LogP) is 1.79. The summed E-state index contributed by atoms with van der Waals surface area (Å²) < 4.78 is 5.23. The fourth-order valence-electron chi connectivity index (χ4n) is 2.79. The van der Waals surface area contributed by atoms with E-state index in [0.717, 1.165) is 26.1 Å². The summed E-state index contributed by atoms with van der Waals surface area (Å²) in [5.41, 5.74) is 0. The van der Waals surface area contributed by atoms with E-state index in [2.05, 4.69) is 10.2 Å². The fourth-order valence-corrected chi connectivity index (χ4v) is 2.79. The molecular formula is C15H28N2O2.